The number of carbonyl (C=O) groups is 1. The van der Waals surface area contributed by atoms with Crippen molar-refractivity contribution < 1.29 is 22.5 Å². The third-order valence-corrected chi connectivity index (χ3v) is 4.63. The van der Waals surface area contributed by atoms with Crippen LogP contribution in [0.4, 0.5) is 24.7 Å². The molecule has 3 rings (SSSR count). The lowest BCUT2D eigenvalue weighted by molar-refractivity contribution is -0.140. The molecule has 0 saturated heterocycles. The van der Waals surface area contributed by atoms with Crippen molar-refractivity contribution in [1.29, 1.82) is 5.41 Å². The number of halogens is 3. The van der Waals surface area contributed by atoms with E-state index >= 15 is 0 Å². The van der Waals surface area contributed by atoms with E-state index < -0.39 is 24.1 Å². The summed E-state index contributed by atoms with van der Waals surface area (Å²) in [6.45, 7) is 1.63. The zero-order valence-electron chi connectivity index (χ0n) is 18.1. The van der Waals surface area contributed by atoms with E-state index in [1.165, 1.54) is 31.4 Å². The van der Waals surface area contributed by atoms with Gasteiger partial charge in [-0.15, -0.1) is 0 Å². The third-order valence-electron chi connectivity index (χ3n) is 4.63. The Balaban J connectivity index is 1.79. The van der Waals surface area contributed by atoms with Gasteiger partial charge in [0, 0.05) is 24.6 Å². The van der Waals surface area contributed by atoms with E-state index in [0.29, 0.717) is 17.0 Å². The molecular formula is C22H22F3N7O2. The van der Waals surface area contributed by atoms with E-state index in [0.717, 1.165) is 6.20 Å². The summed E-state index contributed by atoms with van der Waals surface area (Å²) in [6.07, 6.45) is 3.22. The fraction of sp³-hybridized carbons (Fsp3) is 0.227. The number of aromatic nitrogens is 3. The highest BCUT2D eigenvalue weighted by molar-refractivity contribution is 6.08. The van der Waals surface area contributed by atoms with Gasteiger partial charge in [0.25, 0.3) is 5.91 Å². The maximum absolute atomic E-state index is 14.0. The van der Waals surface area contributed by atoms with Crippen LogP contribution in [-0.2, 0) is 11.3 Å². The molecule has 0 radical (unpaired) electrons. The lowest BCUT2D eigenvalue weighted by Gasteiger charge is -2.15. The summed E-state index contributed by atoms with van der Waals surface area (Å²) < 4.78 is 46.3. The van der Waals surface area contributed by atoms with Gasteiger partial charge < -0.3 is 20.9 Å². The standard InChI is InChI=1S/C22H22F3N7O2/c1-2-8-22(24,25)21(33)30-18-12-29-20(31-19(18)27)15(26)10-17(16-7-9-34-32-16)28-11-13-5-3-4-6-14(13)23/h3-7,9-10,12,26,28H,2,8,11H2,1H3,(H,30,33)(H2,27,29,31)/b17-10-,26-15?. The SMILES string of the molecule is CCCC(F)(F)C(=O)Nc1cnc(C(=N)/C=C(\NCc2ccccc2F)c2ccon2)nc1N. The van der Waals surface area contributed by atoms with Crippen LogP contribution in [0.2, 0.25) is 0 Å². The summed E-state index contributed by atoms with van der Waals surface area (Å²) in [5, 5.41) is 17.1. The van der Waals surface area contributed by atoms with Gasteiger partial charge >= 0.3 is 5.92 Å². The molecule has 0 aliphatic heterocycles. The Morgan fingerprint density at radius 1 is 1.29 bits per heavy atom. The largest absolute Gasteiger partial charge is 0.382 e. The number of nitrogens with two attached hydrogens (primary N) is 1. The number of hydrogen-bond donors (Lipinski definition) is 4. The number of nitrogens with one attached hydrogen (secondary N) is 3. The Hall–Kier alpha value is -4.22. The normalized spacial score (nSPS) is 11.8. The second-order valence-electron chi connectivity index (χ2n) is 7.20. The summed E-state index contributed by atoms with van der Waals surface area (Å²) in [7, 11) is 0. The molecule has 2 aromatic heterocycles. The van der Waals surface area contributed by atoms with Crippen LogP contribution >= 0.6 is 0 Å². The van der Waals surface area contributed by atoms with Gasteiger partial charge in [-0.05, 0) is 18.6 Å². The summed E-state index contributed by atoms with van der Waals surface area (Å²) in [6, 6.07) is 7.73. The maximum Gasteiger partial charge on any atom is 0.324 e. The van der Waals surface area contributed by atoms with Crippen LogP contribution < -0.4 is 16.4 Å². The van der Waals surface area contributed by atoms with Gasteiger partial charge in [-0.2, -0.15) is 8.78 Å². The quantitative estimate of drug-likeness (QED) is 0.328. The number of nitrogens with zero attached hydrogens (tertiary/aromatic N) is 3. The van der Waals surface area contributed by atoms with Crippen LogP contribution in [0.15, 0.2) is 53.4 Å². The van der Waals surface area contributed by atoms with E-state index in [-0.39, 0.29) is 36.0 Å². The van der Waals surface area contributed by atoms with Gasteiger partial charge in [0.1, 0.15) is 29.2 Å². The van der Waals surface area contributed by atoms with Crippen molar-refractivity contribution in [1.82, 2.24) is 20.4 Å². The molecule has 2 heterocycles. The molecule has 1 amide bonds. The third kappa shape index (κ3) is 5.97. The lowest BCUT2D eigenvalue weighted by Crippen LogP contribution is -2.34. The van der Waals surface area contributed by atoms with Gasteiger partial charge in [0.15, 0.2) is 11.6 Å². The summed E-state index contributed by atoms with van der Waals surface area (Å²) in [5.41, 5.74) is 6.44. The minimum atomic E-state index is -3.56. The number of rotatable bonds is 10. The van der Waals surface area contributed by atoms with Crippen molar-refractivity contribution >= 4 is 28.8 Å². The first-order chi connectivity index (χ1) is 16.2. The Bertz CT molecular complexity index is 1200. The second kappa shape index (κ2) is 10.6. The van der Waals surface area contributed by atoms with Gasteiger partial charge in [-0.3, -0.25) is 10.2 Å². The van der Waals surface area contributed by atoms with Crippen LogP contribution in [0.3, 0.4) is 0 Å². The molecule has 0 atom stereocenters. The number of hydrogen-bond acceptors (Lipinski definition) is 8. The Labute approximate surface area is 192 Å². The highest BCUT2D eigenvalue weighted by atomic mass is 19.3. The number of alkyl halides is 2. The minimum absolute atomic E-state index is 0.0958. The van der Waals surface area contributed by atoms with Crippen molar-refractivity contribution in [3.8, 4) is 0 Å². The smallest absolute Gasteiger partial charge is 0.324 e. The average Bonchev–Trinajstić information content (AvgIpc) is 3.33. The monoisotopic (exact) mass is 473 g/mol. The molecule has 0 aliphatic carbocycles. The predicted molar refractivity (Wildman–Crippen MR) is 119 cm³/mol. The zero-order chi connectivity index (χ0) is 24.7. The first kappa shape index (κ1) is 24.4. The van der Waals surface area contributed by atoms with Crippen LogP contribution in [0.25, 0.3) is 5.70 Å². The fourth-order valence-electron chi connectivity index (χ4n) is 2.87. The first-order valence-electron chi connectivity index (χ1n) is 10.2. The summed E-state index contributed by atoms with van der Waals surface area (Å²) in [4.78, 5) is 19.7. The minimum Gasteiger partial charge on any atom is -0.382 e. The number of nitrogen functional groups attached to an aromatic ring is 1. The molecule has 3 aromatic rings. The lowest BCUT2D eigenvalue weighted by atomic mass is 10.2. The van der Waals surface area contributed by atoms with E-state index in [4.69, 9.17) is 15.7 Å². The molecule has 34 heavy (non-hydrogen) atoms. The molecule has 178 valence electrons. The van der Waals surface area contributed by atoms with Gasteiger partial charge in [0.05, 0.1) is 11.9 Å². The van der Waals surface area contributed by atoms with E-state index in [2.05, 4.69) is 20.4 Å². The van der Waals surface area contributed by atoms with Crippen LogP contribution in [0.1, 0.15) is 36.8 Å². The van der Waals surface area contributed by atoms with Crippen LogP contribution in [-0.4, -0.2) is 32.7 Å². The molecule has 0 saturated carbocycles. The first-order valence-corrected chi connectivity index (χ1v) is 10.2. The van der Waals surface area contributed by atoms with E-state index in [9.17, 15) is 18.0 Å². The molecule has 12 heteroatoms. The van der Waals surface area contributed by atoms with E-state index in [1.807, 2.05) is 5.32 Å². The summed E-state index contributed by atoms with van der Waals surface area (Å²) >= 11 is 0. The molecule has 0 aliphatic rings. The fourth-order valence-corrected chi connectivity index (χ4v) is 2.87. The number of amides is 1. The van der Waals surface area contributed by atoms with Crippen molar-refractivity contribution in [2.75, 3.05) is 11.1 Å². The molecule has 9 nitrogen and oxygen atoms in total. The highest BCUT2D eigenvalue weighted by Crippen LogP contribution is 2.24. The summed E-state index contributed by atoms with van der Waals surface area (Å²) in [5.74, 6) is -5.90. The number of allylic oxidation sites excluding steroid dienone is 1. The molecule has 0 bridgehead atoms. The Morgan fingerprint density at radius 3 is 2.71 bits per heavy atom. The number of anilines is 2. The molecule has 1 aromatic carbocycles. The van der Waals surface area contributed by atoms with Crippen molar-refractivity contribution in [3.05, 3.63) is 71.8 Å². The van der Waals surface area contributed by atoms with Crippen LogP contribution in [0.5, 0.6) is 0 Å². The predicted octanol–water partition coefficient (Wildman–Crippen LogP) is 3.76. The van der Waals surface area contributed by atoms with Crippen molar-refractivity contribution in [2.45, 2.75) is 32.2 Å². The topological polar surface area (TPSA) is 143 Å². The average molecular weight is 473 g/mol. The van der Waals surface area contributed by atoms with Crippen molar-refractivity contribution in [3.63, 3.8) is 0 Å². The molecule has 0 spiro atoms. The van der Waals surface area contributed by atoms with Crippen molar-refractivity contribution in [2.24, 2.45) is 0 Å². The van der Waals surface area contributed by atoms with Gasteiger partial charge in [-0.1, -0.05) is 30.3 Å². The Morgan fingerprint density at radius 2 is 2.06 bits per heavy atom. The van der Waals surface area contributed by atoms with Crippen LogP contribution in [0, 0.1) is 11.2 Å². The molecule has 0 unspecified atom stereocenters. The molecule has 5 N–H and O–H groups in total. The molecular weight excluding hydrogens is 451 g/mol. The zero-order valence-corrected chi connectivity index (χ0v) is 18.1. The number of benzene rings is 1. The van der Waals surface area contributed by atoms with E-state index in [1.54, 1.807) is 18.2 Å². The van der Waals surface area contributed by atoms with Gasteiger partial charge in [0.2, 0.25) is 0 Å². The number of carbonyl (C=O) groups excluding carboxylic acids is 1. The second-order valence-corrected chi connectivity index (χ2v) is 7.20. The van der Waals surface area contributed by atoms with Gasteiger partial charge in [-0.25, -0.2) is 14.4 Å². The maximum atomic E-state index is 14.0. The highest BCUT2D eigenvalue weighted by Gasteiger charge is 2.37. The molecule has 0 fully saturated rings. The Kier molecular flexibility index (Phi) is 7.61.